The second-order valence-corrected chi connectivity index (χ2v) is 4.17. The van der Waals surface area contributed by atoms with E-state index in [4.69, 9.17) is 9.47 Å². The number of ether oxygens (including phenoxy) is 2. The van der Waals surface area contributed by atoms with Gasteiger partial charge in [0.05, 0.1) is 13.7 Å². The summed E-state index contributed by atoms with van der Waals surface area (Å²) in [7, 11) is 1.58. The highest BCUT2D eigenvalue weighted by atomic mass is 16.5. The van der Waals surface area contributed by atoms with Crippen molar-refractivity contribution in [3.63, 3.8) is 0 Å². The van der Waals surface area contributed by atoms with Gasteiger partial charge >= 0.3 is 5.97 Å². The van der Waals surface area contributed by atoms with Gasteiger partial charge in [0.2, 0.25) is 0 Å². The maximum atomic E-state index is 12.0. The average Bonchev–Trinajstić information content (AvgIpc) is 2.39. The molecular weight excluding hydrogens is 228 g/mol. The average molecular weight is 250 g/mol. The van der Waals surface area contributed by atoms with Crippen molar-refractivity contribution in [3.8, 4) is 5.75 Å². The highest BCUT2D eigenvalue weighted by Crippen LogP contribution is 2.24. The molecule has 0 saturated heterocycles. The lowest BCUT2D eigenvalue weighted by atomic mass is 10.0. The third kappa shape index (κ3) is 3.76. The van der Waals surface area contributed by atoms with Crippen LogP contribution in [0, 0.1) is 0 Å². The first-order chi connectivity index (χ1) is 8.74. The van der Waals surface area contributed by atoms with E-state index in [1.807, 2.05) is 19.1 Å². The van der Waals surface area contributed by atoms with Crippen molar-refractivity contribution >= 4 is 5.97 Å². The van der Waals surface area contributed by atoms with Crippen molar-refractivity contribution < 1.29 is 14.3 Å². The molecule has 0 spiro atoms. The summed E-state index contributed by atoms with van der Waals surface area (Å²) in [5.41, 5.74) is 1.60. The predicted molar refractivity (Wildman–Crippen MR) is 72.2 cm³/mol. The van der Waals surface area contributed by atoms with Crippen LogP contribution in [0.2, 0.25) is 0 Å². The molecule has 1 aromatic rings. The fraction of sp³-hybridized carbons (Fsp3) is 0.533. The summed E-state index contributed by atoms with van der Waals surface area (Å²) in [5.74, 6) is 0.309. The molecule has 0 aliphatic rings. The molecule has 0 radical (unpaired) electrons. The summed E-state index contributed by atoms with van der Waals surface area (Å²) in [4.78, 5) is 12.0. The van der Waals surface area contributed by atoms with E-state index < -0.39 is 0 Å². The Balaban J connectivity index is 2.96. The minimum atomic E-state index is -0.290. The molecule has 0 unspecified atom stereocenters. The number of benzene rings is 1. The lowest BCUT2D eigenvalue weighted by Crippen LogP contribution is -2.10. The molecule has 0 amide bonds. The molecule has 0 aromatic heterocycles. The number of rotatable bonds is 7. The number of hydrogen-bond donors (Lipinski definition) is 0. The van der Waals surface area contributed by atoms with Gasteiger partial charge < -0.3 is 9.47 Å². The van der Waals surface area contributed by atoms with Gasteiger partial charge in [-0.25, -0.2) is 4.79 Å². The molecule has 1 aromatic carbocycles. The Morgan fingerprint density at radius 1 is 1.22 bits per heavy atom. The van der Waals surface area contributed by atoms with Crippen LogP contribution in [0.1, 0.15) is 49.0 Å². The van der Waals surface area contributed by atoms with Crippen molar-refractivity contribution in [2.75, 3.05) is 13.7 Å². The molecule has 0 aliphatic carbocycles. The van der Waals surface area contributed by atoms with Gasteiger partial charge in [-0.1, -0.05) is 31.9 Å². The van der Waals surface area contributed by atoms with E-state index in [2.05, 4.69) is 6.92 Å². The molecule has 3 nitrogen and oxygen atoms in total. The Hall–Kier alpha value is -1.51. The van der Waals surface area contributed by atoms with E-state index >= 15 is 0 Å². The third-order valence-electron chi connectivity index (χ3n) is 2.86. The van der Waals surface area contributed by atoms with Crippen molar-refractivity contribution in [1.29, 1.82) is 0 Å². The molecule has 100 valence electrons. The Morgan fingerprint density at radius 2 is 2.00 bits per heavy atom. The first-order valence-electron chi connectivity index (χ1n) is 6.57. The van der Waals surface area contributed by atoms with Crippen LogP contribution in [0.3, 0.4) is 0 Å². The van der Waals surface area contributed by atoms with E-state index in [1.165, 1.54) is 12.8 Å². The minimum Gasteiger partial charge on any atom is -0.496 e. The van der Waals surface area contributed by atoms with E-state index in [0.29, 0.717) is 17.9 Å². The van der Waals surface area contributed by atoms with Crippen LogP contribution in [0.15, 0.2) is 18.2 Å². The zero-order valence-corrected chi connectivity index (χ0v) is 11.5. The third-order valence-corrected chi connectivity index (χ3v) is 2.86. The van der Waals surface area contributed by atoms with Gasteiger partial charge in [0.15, 0.2) is 0 Å². The van der Waals surface area contributed by atoms with Gasteiger partial charge in [-0.3, -0.25) is 0 Å². The van der Waals surface area contributed by atoms with E-state index in [-0.39, 0.29) is 5.97 Å². The van der Waals surface area contributed by atoms with Crippen LogP contribution in [0.5, 0.6) is 5.75 Å². The van der Waals surface area contributed by atoms with Gasteiger partial charge in [0, 0.05) is 0 Å². The fourth-order valence-corrected chi connectivity index (χ4v) is 1.96. The number of carbonyl (C=O) groups is 1. The molecule has 0 bridgehead atoms. The van der Waals surface area contributed by atoms with Crippen molar-refractivity contribution in [1.82, 2.24) is 0 Å². The second kappa shape index (κ2) is 7.75. The molecule has 0 saturated carbocycles. The molecule has 0 atom stereocenters. The van der Waals surface area contributed by atoms with Crippen molar-refractivity contribution in [3.05, 3.63) is 29.3 Å². The van der Waals surface area contributed by atoms with Crippen LogP contribution in [-0.4, -0.2) is 19.7 Å². The summed E-state index contributed by atoms with van der Waals surface area (Å²) in [5, 5.41) is 0. The van der Waals surface area contributed by atoms with Gasteiger partial charge in [0.25, 0.3) is 0 Å². The Morgan fingerprint density at radius 3 is 2.61 bits per heavy atom. The molecule has 0 aliphatic heterocycles. The quantitative estimate of drug-likeness (QED) is 0.548. The predicted octanol–water partition coefficient (Wildman–Crippen LogP) is 3.60. The number of esters is 1. The van der Waals surface area contributed by atoms with Crippen LogP contribution >= 0.6 is 0 Å². The number of hydrogen-bond acceptors (Lipinski definition) is 3. The standard InChI is InChI=1S/C15H22O3/c1-4-6-7-9-12-10-8-11-13(17-3)14(12)15(16)18-5-2/h8,10-11H,4-7,9H2,1-3H3. The van der Waals surface area contributed by atoms with E-state index in [0.717, 1.165) is 18.4 Å². The highest BCUT2D eigenvalue weighted by molar-refractivity contribution is 5.94. The molecule has 0 N–H and O–H groups in total. The highest BCUT2D eigenvalue weighted by Gasteiger charge is 2.17. The smallest absolute Gasteiger partial charge is 0.342 e. The first kappa shape index (κ1) is 14.6. The number of methoxy groups -OCH3 is 1. The fourth-order valence-electron chi connectivity index (χ4n) is 1.96. The molecular formula is C15H22O3. The zero-order chi connectivity index (χ0) is 13.4. The normalized spacial score (nSPS) is 10.2. The molecule has 18 heavy (non-hydrogen) atoms. The Bertz CT molecular complexity index is 385. The lowest BCUT2D eigenvalue weighted by molar-refractivity contribution is 0.0521. The van der Waals surface area contributed by atoms with Crippen LogP contribution in [-0.2, 0) is 11.2 Å². The lowest BCUT2D eigenvalue weighted by Gasteiger charge is -2.12. The molecule has 0 heterocycles. The monoisotopic (exact) mass is 250 g/mol. The zero-order valence-electron chi connectivity index (χ0n) is 11.5. The van der Waals surface area contributed by atoms with E-state index in [9.17, 15) is 4.79 Å². The summed E-state index contributed by atoms with van der Waals surface area (Å²) >= 11 is 0. The van der Waals surface area contributed by atoms with Gasteiger partial charge in [-0.05, 0) is 31.4 Å². The van der Waals surface area contributed by atoms with Gasteiger partial charge in [-0.2, -0.15) is 0 Å². The van der Waals surface area contributed by atoms with Crippen LogP contribution in [0.25, 0.3) is 0 Å². The number of unbranched alkanes of at least 4 members (excludes halogenated alkanes) is 2. The maximum absolute atomic E-state index is 12.0. The first-order valence-corrected chi connectivity index (χ1v) is 6.57. The van der Waals surface area contributed by atoms with Crippen molar-refractivity contribution in [2.45, 2.75) is 39.5 Å². The Labute approximate surface area is 109 Å². The minimum absolute atomic E-state index is 0.290. The van der Waals surface area contributed by atoms with Gasteiger partial charge in [0.1, 0.15) is 11.3 Å². The largest absolute Gasteiger partial charge is 0.496 e. The summed E-state index contributed by atoms with van der Waals surface area (Å²) in [6, 6.07) is 5.70. The van der Waals surface area contributed by atoms with Crippen molar-refractivity contribution in [2.24, 2.45) is 0 Å². The topological polar surface area (TPSA) is 35.5 Å². The number of aryl methyl sites for hydroxylation is 1. The summed E-state index contributed by atoms with van der Waals surface area (Å²) in [6.07, 6.45) is 4.30. The van der Waals surface area contributed by atoms with Crippen LogP contribution in [0.4, 0.5) is 0 Å². The van der Waals surface area contributed by atoms with Crippen LogP contribution < -0.4 is 4.74 Å². The molecule has 1 rings (SSSR count). The Kier molecular flexibility index (Phi) is 6.26. The molecule has 3 heteroatoms. The maximum Gasteiger partial charge on any atom is 0.342 e. The SMILES string of the molecule is CCCCCc1cccc(OC)c1C(=O)OCC. The summed E-state index contributed by atoms with van der Waals surface area (Å²) < 4.78 is 10.4. The molecule has 0 fully saturated rings. The second-order valence-electron chi connectivity index (χ2n) is 4.17. The number of carbonyl (C=O) groups excluding carboxylic acids is 1. The van der Waals surface area contributed by atoms with E-state index in [1.54, 1.807) is 13.2 Å². The van der Waals surface area contributed by atoms with Gasteiger partial charge in [-0.15, -0.1) is 0 Å². The summed E-state index contributed by atoms with van der Waals surface area (Å²) in [6.45, 7) is 4.35.